The molecule has 6 nitrogen and oxygen atoms in total. The van der Waals surface area contributed by atoms with E-state index < -0.39 is 24.1 Å². The third-order valence-electron chi connectivity index (χ3n) is 5.62. The lowest BCUT2D eigenvalue weighted by molar-refractivity contribution is -0.308. The molecule has 190 valence electrons. The highest BCUT2D eigenvalue weighted by Crippen LogP contribution is 2.30. The zero-order chi connectivity index (χ0) is 25.4. The van der Waals surface area contributed by atoms with E-state index in [1.54, 1.807) is 38.7 Å². The standard InChI is InChI=1S/C26H30F3NO5/c1-5-33-23-22(31-3)17(2)34-25(24(23)32-4)35-30-16-20-13-10-18(11-14-20)9-12-19-7-6-8-21(15-19)26(27,28)29/h6-17,22-25H,5H2,1-4H3/b12-9+,30-16?/t17-,22-,23+,24+,25-/m0/s1. The lowest BCUT2D eigenvalue weighted by Crippen LogP contribution is -2.59. The van der Waals surface area contributed by atoms with Crippen LogP contribution in [-0.2, 0) is 30.0 Å². The van der Waals surface area contributed by atoms with Gasteiger partial charge in [-0.3, -0.25) is 0 Å². The van der Waals surface area contributed by atoms with Gasteiger partial charge in [-0.2, -0.15) is 13.2 Å². The van der Waals surface area contributed by atoms with Crippen LogP contribution in [0.2, 0.25) is 0 Å². The quantitative estimate of drug-likeness (QED) is 0.266. The molecule has 1 heterocycles. The van der Waals surface area contributed by atoms with Crippen molar-refractivity contribution >= 4 is 18.4 Å². The summed E-state index contributed by atoms with van der Waals surface area (Å²) in [4.78, 5) is 5.59. The van der Waals surface area contributed by atoms with Crippen molar-refractivity contribution < 1.29 is 37.0 Å². The number of alkyl halides is 3. The Hall–Kier alpha value is -2.72. The maximum absolute atomic E-state index is 12.9. The molecule has 35 heavy (non-hydrogen) atoms. The van der Waals surface area contributed by atoms with Gasteiger partial charge in [-0.1, -0.05) is 53.7 Å². The molecule has 9 heteroatoms. The van der Waals surface area contributed by atoms with Crippen molar-refractivity contribution in [3.05, 3.63) is 70.8 Å². The van der Waals surface area contributed by atoms with Crippen molar-refractivity contribution in [1.29, 1.82) is 0 Å². The molecule has 0 amide bonds. The van der Waals surface area contributed by atoms with E-state index in [1.807, 2.05) is 38.1 Å². The van der Waals surface area contributed by atoms with E-state index >= 15 is 0 Å². The van der Waals surface area contributed by atoms with E-state index in [4.69, 9.17) is 23.8 Å². The number of hydrogen-bond donors (Lipinski definition) is 0. The van der Waals surface area contributed by atoms with Crippen LogP contribution in [0.5, 0.6) is 0 Å². The third kappa shape index (κ3) is 7.14. The Kier molecular flexibility index (Phi) is 9.45. The third-order valence-corrected chi connectivity index (χ3v) is 5.62. The van der Waals surface area contributed by atoms with Crippen LogP contribution in [0, 0.1) is 0 Å². The first kappa shape index (κ1) is 26.9. The Bertz CT molecular complexity index is 993. The molecule has 0 saturated carbocycles. The largest absolute Gasteiger partial charge is 0.416 e. The Labute approximate surface area is 203 Å². The lowest BCUT2D eigenvalue weighted by atomic mass is 9.99. The van der Waals surface area contributed by atoms with Crippen LogP contribution in [0.15, 0.2) is 53.7 Å². The molecular weight excluding hydrogens is 463 g/mol. The molecular formula is C26H30F3NO5. The first-order chi connectivity index (χ1) is 16.8. The molecule has 0 N–H and O–H groups in total. The normalized spacial score (nSPS) is 25.4. The highest BCUT2D eigenvalue weighted by Gasteiger charge is 2.47. The maximum Gasteiger partial charge on any atom is 0.416 e. The second kappa shape index (κ2) is 12.3. The number of hydrogen-bond acceptors (Lipinski definition) is 6. The summed E-state index contributed by atoms with van der Waals surface area (Å²) < 4.78 is 61.4. The summed E-state index contributed by atoms with van der Waals surface area (Å²) in [6, 6.07) is 12.5. The number of methoxy groups -OCH3 is 2. The summed E-state index contributed by atoms with van der Waals surface area (Å²) in [7, 11) is 3.15. The molecule has 1 aliphatic rings. The second-order valence-corrected chi connectivity index (χ2v) is 7.99. The van der Waals surface area contributed by atoms with Crippen LogP contribution in [0.25, 0.3) is 12.2 Å². The molecule has 5 atom stereocenters. The average Bonchev–Trinajstić information content (AvgIpc) is 2.83. The minimum atomic E-state index is -4.37. The molecule has 2 aromatic rings. The fourth-order valence-electron chi connectivity index (χ4n) is 3.87. The summed E-state index contributed by atoms with van der Waals surface area (Å²) in [5.41, 5.74) is 1.39. The Morgan fingerprint density at radius 1 is 0.914 bits per heavy atom. The van der Waals surface area contributed by atoms with Gasteiger partial charge in [-0.05, 0) is 42.7 Å². The number of ether oxygens (including phenoxy) is 4. The van der Waals surface area contributed by atoms with E-state index in [1.165, 1.54) is 6.07 Å². The van der Waals surface area contributed by atoms with Crippen molar-refractivity contribution in [2.24, 2.45) is 5.16 Å². The smallest absolute Gasteiger partial charge is 0.376 e. The zero-order valence-corrected chi connectivity index (χ0v) is 20.1. The van der Waals surface area contributed by atoms with E-state index in [2.05, 4.69) is 5.16 Å². The first-order valence-corrected chi connectivity index (χ1v) is 11.2. The SMILES string of the molecule is CCO[C@@H]1[C@@H](OC)[C@H](C)O[C@@H](ON=Cc2ccc(/C=C/c3cccc(C(F)(F)F)c3)cc2)[C@@H]1OC. The van der Waals surface area contributed by atoms with Gasteiger partial charge in [0.2, 0.25) is 0 Å². The molecule has 0 spiro atoms. The molecule has 0 aromatic heterocycles. The minimum absolute atomic E-state index is 0.286. The number of benzene rings is 2. The van der Waals surface area contributed by atoms with Crippen LogP contribution >= 0.6 is 0 Å². The monoisotopic (exact) mass is 493 g/mol. The number of halogens is 3. The van der Waals surface area contributed by atoms with Crippen LogP contribution in [-0.4, -0.2) is 57.7 Å². The Morgan fingerprint density at radius 3 is 2.20 bits per heavy atom. The van der Waals surface area contributed by atoms with Crippen molar-refractivity contribution in [2.75, 3.05) is 20.8 Å². The molecule has 1 aliphatic heterocycles. The van der Waals surface area contributed by atoms with Crippen LogP contribution in [0.4, 0.5) is 13.2 Å². The van der Waals surface area contributed by atoms with Gasteiger partial charge in [0.1, 0.15) is 12.2 Å². The van der Waals surface area contributed by atoms with E-state index in [0.717, 1.165) is 23.3 Å². The molecule has 0 aliphatic carbocycles. The van der Waals surface area contributed by atoms with Gasteiger partial charge < -0.3 is 23.8 Å². The predicted octanol–water partition coefficient (Wildman–Crippen LogP) is 5.41. The van der Waals surface area contributed by atoms with Gasteiger partial charge in [0, 0.05) is 20.8 Å². The van der Waals surface area contributed by atoms with Crippen LogP contribution in [0.3, 0.4) is 0 Å². The molecule has 0 radical (unpaired) electrons. The molecule has 0 unspecified atom stereocenters. The summed E-state index contributed by atoms with van der Waals surface area (Å²) in [6.07, 6.45) is -1.72. The minimum Gasteiger partial charge on any atom is -0.376 e. The first-order valence-electron chi connectivity index (χ1n) is 11.2. The molecule has 0 bridgehead atoms. The topological polar surface area (TPSA) is 58.5 Å². The van der Waals surface area contributed by atoms with Gasteiger partial charge in [0.25, 0.3) is 6.29 Å². The van der Waals surface area contributed by atoms with Gasteiger partial charge in [0.05, 0.1) is 17.9 Å². The summed E-state index contributed by atoms with van der Waals surface area (Å²) in [5, 5.41) is 4.05. The summed E-state index contributed by atoms with van der Waals surface area (Å²) in [5.74, 6) is 0. The van der Waals surface area contributed by atoms with Crippen molar-refractivity contribution in [1.82, 2.24) is 0 Å². The van der Waals surface area contributed by atoms with Crippen LogP contribution in [0.1, 0.15) is 36.1 Å². The number of oxime groups is 1. The van der Waals surface area contributed by atoms with Gasteiger partial charge >= 0.3 is 6.18 Å². The number of nitrogens with zero attached hydrogens (tertiary/aromatic N) is 1. The van der Waals surface area contributed by atoms with E-state index in [-0.39, 0.29) is 18.3 Å². The molecule has 1 fully saturated rings. The summed E-state index contributed by atoms with van der Waals surface area (Å²) >= 11 is 0. The van der Waals surface area contributed by atoms with Gasteiger partial charge in [-0.25, -0.2) is 0 Å². The van der Waals surface area contributed by atoms with Gasteiger partial charge in [0.15, 0.2) is 6.10 Å². The second-order valence-electron chi connectivity index (χ2n) is 7.99. The Balaban J connectivity index is 1.62. The zero-order valence-electron chi connectivity index (χ0n) is 20.1. The highest BCUT2D eigenvalue weighted by atomic mass is 19.4. The molecule has 3 rings (SSSR count). The predicted molar refractivity (Wildman–Crippen MR) is 127 cm³/mol. The fourth-order valence-corrected chi connectivity index (χ4v) is 3.87. The average molecular weight is 494 g/mol. The van der Waals surface area contributed by atoms with Crippen molar-refractivity contribution in [3.8, 4) is 0 Å². The molecule has 2 aromatic carbocycles. The van der Waals surface area contributed by atoms with Crippen molar-refractivity contribution in [3.63, 3.8) is 0 Å². The van der Waals surface area contributed by atoms with E-state index in [0.29, 0.717) is 12.2 Å². The molecule has 1 saturated heterocycles. The number of rotatable bonds is 9. The summed E-state index contributed by atoms with van der Waals surface area (Å²) in [6.45, 7) is 4.26. The van der Waals surface area contributed by atoms with Gasteiger partial charge in [-0.15, -0.1) is 0 Å². The maximum atomic E-state index is 12.9. The highest BCUT2D eigenvalue weighted by molar-refractivity contribution is 5.80. The van der Waals surface area contributed by atoms with Crippen molar-refractivity contribution in [2.45, 2.75) is 50.7 Å². The fraction of sp³-hybridized carbons (Fsp3) is 0.423. The van der Waals surface area contributed by atoms with Crippen LogP contribution < -0.4 is 0 Å². The van der Waals surface area contributed by atoms with E-state index in [9.17, 15) is 13.2 Å². The Morgan fingerprint density at radius 2 is 1.57 bits per heavy atom. The lowest BCUT2D eigenvalue weighted by Gasteiger charge is -2.42.